The predicted octanol–water partition coefficient (Wildman–Crippen LogP) is 5.20. The molecule has 2 heterocycles. The van der Waals surface area contributed by atoms with Gasteiger partial charge in [0.25, 0.3) is 5.13 Å². The minimum absolute atomic E-state index is 0.0471. The number of hydrogen-bond acceptors (Lipinski definition) is 8. The van der Waals surface area contributed by atoms with Crippen LogP contribution in [-0.2, 0) is 16.4 Å². The smallest absolute Gasteiger partial charge is 0.368 e. The van der Waals surface area contributed by atoms with Crippen molar-refractivity contribution in [2.75, 3.05) is 21.9 Å². The van der Waals surface area contributed by atoms with Crippen LogP contribution in [0.4, 0.5) is 35.4 Å². The summed E-state index contributed by atoms with van der Waals surface area (Å²) in [6.45, 7) is 4.88. The number of azo groups is 1. The molecule has 1 N–H and O–H groups in total. The Hall–Kier alpha value is -2.28. The van der Waals surface area contributed by atoms with E-state index in [0.29, 0.717) is 0 Å². The fourth-order valence-corrected chi connectivity index (χ4v) is 4.99. The van der Waals surface area contributed by atoms with Crippen molar-refractivity contribution >= 4 is 43.6 Å². The lowest BCUT2D eigenvalue weighted by Gasteiger charge is -2.39. The molecule has 0 saturated heterocycles. The maximum atomic E-state index is 12.7. The van der Waals surface area contributed by atoms with Crippen LogP contribution in [0.1, 0.15) is 38.7 Å². The maximum absolute atomic E-state index is 12.7. The first kappa shape index (κ1) is 23.4. The van der Waals surface area contributed by atoms with Gasteiger partial charge in [0.1, 0.15) is 11.2 Å². The molecule has 0 bridgehead atoms. The Balaban J connectivity index is 2.05. The first-order valence-electron chi connectivity index (χ1n) is 9.80. The quantitative estimate of drug-likeness (QED) is 0.528. The SMILES string of the molecule is CCCN1c2cc(NS(=O)(=O)CC(F)(F)F)c(N=Nc3nncs3)cc2CCC1CC. The molecular weight excluding hydrogens is 453 g/mol. The molecule has 0 aliphatic carbocycles. The van der Waals surface area contributed by atoms with Crippen molar-refractivity contribution in [1.29, 1.82) is 0 Å². The van der Waals surface area contributed by atoms with E-state index in [1.165, 1.54) is 5.51 Å². The summed E-state index contributed by atoms with van der Waals surface area (Å²) in [5, 5.41) is 15.6. The Labute approximate surface area is 182 Å². The van der Waals surface area contributed by atoms with E-state index in [2.05, 4.69) is 37.0 Å². The summed E-state index contributed by atoms with van der Waals surface area (Å²) in [5.74, 6) is -1.99. The summed E-state index contributed by atoms with van der Waals surface area (Å²) in [5.41, 5.74) is 3.30. The molecular formula is C18H23F3N6O2S2. The highest BCUT2D eigenvalue weighted by Gasteiger charge is 2.36. The van der Waals surface area contributed by atoms with Crippen LogP contribution in [0.5, 0.6) is 0 Å². The molecule has 2 aromatic rings. The van der Waals surface area contributed by atoms with Gasteiger partial charge >= 0.3 is 6.18 Å². The molecule has 1 aromatic heterocycles. The number of aromatic nitrogens is 2. The number of aryl methyl sites for hydroxylation is 1. The molecule has 0 amide bonds. The first-order valence-corrected chi connectivity index (χ1v) is 12.3. The lowest BCUT2D eigenvalue weighted by molar-refractivity contribution is -0.106. The zero-order valence-electron chi connectivity index (χ0n) is 17.1. The number of benzene rings is 1. The molecule has 1 aliphatic rings. The van der Waals surface area contributed by atoms with Gasteiger partial charge in [-0.2, -0.15) is 13.2 Å². The van der Waals surface area contributed by atoms with Gasteiger partial charge in [-0.15, -0.1) is 20.4 Å². The molecule has 1 aromatic carbocycles. The van der Waals surface area contributed by atoms with Gasteiger partial charge in [-0.3, -0.25) is 4.72 Å². The van der Waals surface area contributed by atoms with Gasteiger partial charge in [-0.25, -0.2) is 8.42 Å². The summed E-state index contributed by atoms with van der Waals surface area (Å²) < 4.78 is 64.6. The predicted molar refractivity (Wildman–Crippen MR) is 114 cm³/mol. The molecule has 0 saturated carbocycles. The summed E-state index contributed by atoms with van der Waals surface area (Å²) in [7, 11) is -4.68. The van der Waals surface area contributed by atoms with Crippen molar-refractivity contribution in [3.63, 3.8) is 0 Å². The fraction of sp³-hybridized carbons (Fsp3) is 0.556. The average Bonchev–Trinajstić information content (AvgIpc) is 3.18. The lowest BCUT2D eigenvalue weighted by atomic mass is 9.93. The minimum atomic E-state index is -4.87. The third kappa shape index (κ3) is 6.12. The van der Waals surface area contributed by atoms with E-state index in [1.807, 2.05) is 6.92 Å². The molecule has 170 valence electrons. The fourth-order valence-electron chi connectivity index (χ4n) is 3.62. The van der Waals surface area contributed by atoms with Crippen molar-refractivity contribution in [2.24, 2.45) is 10.2 Å². The average molecular weight is 477 g/mol. The van der Waals surface area contributed by atoms with Gasteiger partial charge in [-0.05, 0) is 43.4 Å². The number of halogens is 3. The van der Waals surface area contributed by atoms with E-state index in [0.717, 1.165) is 54.8 Å². The van der Waals surface area contributed by atoms with E-state index in [9.17, 15) is 21.6 Å². The normalized spacial score (nSPS) is 17.2. The minimum Gasteiger partial charge on any atom is -0.368 e. The largest absolute Gasteiger partial charge is 0.404 e. The second-order valence-corrected chi connectivity index (χ2v) is 9.72. The number of nitrogens with one attached hydrogen (secondary N) is 1. The first-order chi connectivity index (χ1) is 14.6. The summed E-state index contributed by atoms with van der Waals surface area (Å²) in [6, 6.07) is 3.52. The summed E-state index contributed by atoms with van der Waals surface area (Å²) in [4.78, 5) is 2.19. The molecule has 13 heteroatoms. The van der Waals surface area contributed by atoms with Crippen LogP contribution >= 0.6 is 11.3 Å². The van der Waals surface area contributed by atoms with E-state index in [1.54, 1.807) is 12.1 Å². The number of rotatable bonds is 8. The van der Waals surface area contributed by atoms with Crippen LogP contribution in [0, 0.1) is 0 Å². The van der Waals surface area contributed by atoms with Crippen LogP contribution in [-0.4, -0.2) is 43.1 Å². The topological polar surface area (TPSA) is 99.9 Å². The molecule has 31 heavy (non-hydrogen) atoms. The van der Waals surface area contributed by atoms with Crippen molar-refractivity contribution in [3.05, 3.63) is 23.2 Å². The Kier molecular flexibility index (Phi) is 7.14. The highest BCUT2D eigenvalue weighted by Crippen LogP contribution is 2.40. The van der Waals surface area contributed by atoms with Gasteiger partial charge in [0.2, 0.25) is 10.0 Å². The summed E-state index contributed by atoms with van der Waals surface area (Å²) >= 11 is 1.13. The molecule has 1 aliphatic heterocycles. The van der Waals surface area contributed by atoms with Crippen LogP contribution in [0.25, 0.3) is 0 Å². The summed E-state index contributed by atoms with van der Waals surface area (Å²) in [6.07, 6.45) is -1.40. The Bertz CT molecular complexity index is 1030. The molecule has 0 fully saturated rings. The molecule has 3 rings (SSSR count). The van der Waals surface area contributed by atoms with Crippen LogP contribution in [0.3, 0.4) is 0 Å². The Morgan fingerprint density at radius 1 is 1.29 bits per heavy atom. The molecule has 0 spiro atoms. The van der Waals surface area contributed by atoms with Crippen LogP contribution in [0.15, 0.2) is 27.9 Å². The number of nitrogens with zero attached hydrogens (tertiary/aromatic N) is 5. The van der Waals surface area contributed by atoms with E-state index in [-0.39, 0.29) is 22.5 Å². The number of sulfonamides is 1. The second-order valence-electron chi connectivity index (χ2n) is 7.19. The van der Waals surface area contributed by atoms with Gasteiger partial charge in [0.05, 0.1) is 5.69 Å². The Morgan fingerprint density at radius 2 is 2.06 bits per heavy atom. The van der Waals surface area contributed by atoms with Crippen LogP contribution in [0.2, 0.25) is 0 Å². The molecule has 1 unspecified atom stereocenters. The lowest BCUT2D eigenvalue weighted by Crippen LogP contribution is -2.39. The highest BCUT2D eigenvalue weighted by atomic mass is 32.2. The molecule has 8 nitrogen and oxygen atoms in total. The van der Waals surface area contributed by atoms with E-state index < -0.39 is 22.0 Å². The van der Waals surface area contributed by atoms with Crippen molar-refractivity contribution in [3.8, 4) is 0 Å². The third-order valence-corrected chi connectivity index (χ3v) is 6.65. The van der Waals surface area contributed by atoms with Crippen molar-refractivity contribution in [2.45, 2.75) is 51.7 Å². The third-order valence-electron chi connectivity index (χ3n) is 4.84. The monoisotopic (exact) mass is 476 g/mol. The molecule has 1 atom stereocenters. The number of fused-ring (bicyclic) bond motifs is 1. The van der Waals surface area contributed by atoms with Crippen molar-refractivity contribution in [1.82, 2.24) is 10.2 Å². The van der Waals surface area contributed by atoms with E-state index in [4.69, 9.17) is 0 Å². The van der Waals surface area contributed by atoms with Gasteiger partial charge in [0.15, 0.2) is 5.75 Å². The van der Waals surface area contributed by atoms with Crippen LogP contribution < -0.4 is 9.62 Å². The highest BCUT2D eigenvalue weighted by molar-refractivity contribution is 7.92. The zero-order chi connectivity index (χ0) is 22.6. The van der Waals surface area contributed by atoms with Gasteiger partial charge in [-0.1, -0.05) is 25.2 Å². The number of anilines is 2. The maximum Gasteiger partial charge on any atom is 0.404 e. The van der Waals surface area contributed by atoms with Gasteiger partial charge < -0.3 is 4.90 Å². The zero-order valence-corrected chi connectivity index (χ0v) is 18.7. The number of alkyl halides is 3. The van der Waals surface area contributed by atoms with E-state index >= 15 is 0 Å². The number of hydrogen-bond donors (Lipinski definition) is 1. The van der Waals surface area contributed by atoms with Crippen molar-refractivity contribution < 1.29 is 21.6 Å². The van der Waals surface area contributed by atoms with Gasteiger partial charge in [0, 0.05) is 18.3 Å². The standard InChI is InChI=1S/C18H23F3N6O2S2/c1-3-7-27-13(4-2)6-5-12-8-14(23-25-17-24-22-11-30-17)15(9-16(12)27)26-31(28,29)10-18(19,20)21/h8-9,11,13,26H,3-7,10H2,1-2H3. The molecule has 0 radical (unpaired) electrons. The Morgan fingerprint density at radius 3 is 2.68 bits per heavy atom. The second kappa shape index (κ2) is 9.47.